The van der Waals surface area contributed by atoms with Crippen LogP contribution in [0.4, 0.5) is 0 Å². The van der Waals surface area contributed by atoms with Crippen molar-refractivity contribution in [2.24, 2.45) is 0 Å². The molecule has 136 valence electrons. The minimum absolute atomic E-state index is 0.322. The van der Waals surface area contributed by atoms with Crippen LogP contribution in [-0.4, -0.2) is 23.6 Å². The van der Waals surface area contributed by atoms with Gasteiger partial charge in [0.2, 0.25) is 0 Å². The lowest BCUT2D eigenvalue weighted by atomic mass is 10.0. The van der Waals surface area contributed by atoms with Gasteiger partial charge in [0, 0.05) is 24.5 Å². The van der Waals surface area contributed by atoms with E-state index in [1.54, 1.807) is 6.07 Å². The average Bonchev–Trinajstić information content (AvgIpc) is 2.61. The molecule has 2 aromatic carbocycles. The molecule has 0 aliphatic heterocycles. The van der Waals surface area contributed by atoms with Crippen LogP contribution in [0.15, 0.2) is 57.7 Å². The van der Waals surface area contributed by atoms with Crippen LogP contribution < -0.4 is 5.63 Å². The van der Waals surface area contributed by atoms with Gasteiger partial charge < -0.3 is 14.4 Å². The highest BCUT2D eigenvalue weighted by molar-refractivity contribution is 5.83. The van der Waals surface area contributed by atoms with Gasteiger partial charge in [-0.05, 0) is 55.6 Å². The Balaban J connectivity index is 1.75. The fourth-order valence-corrected chi connectivity index (χ4v) is 3.36. The Morgan fingerprint density at radius 2 is 1.85 bits per heavy atom. The molecule has 0 fully saturated rings. The predicted molar refractivity (Wildman–Crippen MR) is 104 cm³/mol. The maximum Gasteiger partial charge on any atom is 0.336 e. The maximum absolute atomic E-state index is 11.9. The van der Waals surface area contributed by atoms with Crippen molar-refractivity contribution in [2.45, 2.75) is 32.9 Å². The summed E-state index contributed by atoms with van der Waals surface area (Å²) in [6, 6.07) is 15.3. The second kappa shape index (κ2) is 7.85. The normalized spacial score (nSPS) is 12.7. The number of hydrogen-bond acceptors (Lipinski definition) is 4. The lowest BCUT2D eigenvalue weighted by Gasteiger charge is -2.20. The van der Waals surface area contributed by atoms with Crippen LogP contribution in [-0.2, 0) is 6.54 Å². The maximum atomic E-state index is 11.9. The third kappa shape index (κ3) is 4.21. The molecular formula is C22H25NO3. The largest absolute Gasteiger partial charge is 0.422 e. The summed E-state index contributed by atoms with van der Waals surface area (Å²) in [5.74, 6) is 0. The van der Waals surface area contributed by atoms with E-state index in [9.17, 15) is 9.90 Å². The van der Waals surface area contributed by atoms with Gasteiger partial charge in [-0.2, -0.15) is 0 Å². The van der Waals surface area contributed by atoms with Crippen molar-refractivity contribution in [3.8, 4) is 0 Å². The van der Waals surface area contributed by atoms with E-state index in [0.29, 0.717) is 18.5 Å². The number of nitrogens with zero attached hydrogens (tertiary/aromatic N) is 1. The second-order valence-electron chi connectivity index (χ2n) is 7.00. The van der Waals surface area contributed by atoms with E-state index < -0.39 is 6.10 Å². The molecule has 0 bridgehead atoms. The number of aliphatic hydroxyl groups is 1. The molecule has 4 heteroatoms. The molecule has 4 nitrogen and oxygen atoms in total. The SMILES string of the molecule is Cc1cc(C)c2oc(=O)cc(CN(C)CCC(O)c3ccccc3)c2c1. The van der Waals surface area contributed by atoms with Crippen LogP contribution in [0.3, 0.4) is 0 Å². The van der Waals surface area contributed by atoms with E-state index in [1.807, 2.05) is 57.3 Å². The summed E-state index contributed by atoms with van der Waals surface area (Å²) in [4.78, 5) is 14.1. The van der Waals surface area contributed by atoms with Crippen LogP contribution >= 0.6 is 0 Å². The van der Waals surface area contributed by atoms with E-state index in [1.165, 1.54) is 0 Å². The van der Waals surface area contributed by atoms with Crippen molar-refractivity contribution < 1.29 is 9.52 Å². The van der Waals surface area contributed by atoms with Gasteiger partial charge in [-0.3, -0.25) is 0 Å². The summed E-state index contributed by atoms with van der Waals surface area (Å²) in [6.45, 7) is 5.36. The topological polar surface area (TPSA) is 53.7 Å². The zero-order chi connectivity index (χ0) is 18.7. The third-order valence-corrected chi connectivity index (χ3v) is 4.67. The highest BCUT2D eigenvalue weighted by Gasteiger charge is 2.13. The van der Waals surface area contributed by atoms with Gasteiger partial charge in [-0.1, -0.05) is 36.4 Å². The lowest BCUT2D eigenvalue weighted by molar-refractivity contribution is 0.147. The summed E-state index contributed by atoms with van der Waals surface area (Å²) >= 11 is 0. The van der Waals surface area contributed by atoms with Gasteiger partial charge >= 0.3 is 5.63 Å². The molecule has 1 unspecified atom stereocenters. The standard InChI is InChI=1S/C22H25NO3/c1-15-11-16(2)22-19(12-15)18(13-21(25)26-22)14-23(3)10-9-20(24)17-7-5-4-6-8-17/h4-8,11-13,20,24H,9-10,14H2,1-3H3. The number of rotatable bonds is 6. The van der Waals surface area contributed by atoms with Gasteiger partial charge in [0.25, 0.3) is 0 Å². The van der Waals surface area contributed by atoms with Crippen molar-refractivity contribution in [2.75, 3.05) is 13.6 Å². The fraction of sp³-hybridized carbons (Fsp3) is 0.318. The highest BCUT2D eigenvalue weighted by Crippen LogP contribution is 2.24. The third-order valence-electron chi connectivity index (χ3n) is 4.67. The van der Waals surface area contributed by atoms with E-state index in [0.717, 1.165) is 34.2 Å². The molecule has 3 rings (SSSR count). The molecule has 0 saturated heterocycles. The van der Waals surface area contributed by atoms with Gasteiger partial charge in [-0.25, -0.2) is 4.79 Å². The summed E-state index contributed by atoms with van der Waals surface area (Å²) in [7, 11) is 2.00. The van der Waals surface area contributed by atoms with Gasteiger partial charge in [0.15, 0.2) is 0 Å². The zero-order valence-electron chi connectivity index (χ0n) is 15.5. The minimum Gasteiger partial charge on any atom is -0.422 e. The molecule has 1 atom stereocenters. The van der Waals surface area contributed by atoms with Crippen molar-refractivity contribution in [1.82, 2.24) is 4.90 Å². The van der Waals surface area contributed by atoms with Crippen molar-refractivity contribution in [3.05, 3.63) is 81.2 Å². The molecule has 26 heavy (non-hydrogen) atoms. The van der Waals surface area contributed by atoms with Crippen molar-refractivity contribution in [3.63, 3.8) is 0 Å². The van der Waals surface area contributed by atoms with Gasteiger partial charge in [-0.15, -0.1) is 0 Å². The summed E-state index contributed by atoms with van der Waals surface area (Å²) in [5.41, 5.74) is 4.35. The smallest absolute Gasteiger partial charge is 0.336 e. The molecule has 0 radical (unpaired) electrons. The zero-order valence-corrected chi connectivity index (χ0v) is 15.5. The first-order valence-corrected chi connectivity index (χ1v) is 8.89. The number of aryl methyl sites for hydroxylation is 2. The van der Waals surface area contributed by atoms with Crippen LogP contribution in [0.25, 0.3) is 11.0 Å². The summed E-state index contributed by atoms with van der Waals surface area (Å²) < 4.78 is 5.41. The Hall–Kier alpha value is -2.43. The number of fused-ring (bicyclic) bond motifs is 1. The van der Waals surface area contributed by atoms with Gasteiger partial charge in [0.05, 0.1) is 6.10 Å². The first-order valence-electron chi connectivity index (χ1n) is 8.89. The Morgan fingerprint density at radius 1 is 1.12 bits per heavy atom. The lowest BCUT2D eigenvalue weighted by Crippen LogP contribution is -2.22. The van der Waals surface area contributed by atoms with Crippen LogP contribution in [0.5, 0.6) is 0 Å². The van der Waals surface area contributed by atoms with E-state index in [4.69, 9.17) is 4.42 Å². The predicted octanol–water partition coefficient (Wildman–Crippen LogP) is 3.97. The second-order valence-corrected chi connectivity index (χ2v) is 7.00. The Morgan fingerprint density at radius 3 is 2.58 bits per heavy atom. The number of aliphatic hydroxyl groups excluding tert-OH is 1. The fourth-order valence-electron chi connectivity index (χ4n) is 3.36. The molecule has 1 aromatic heterocycles. The molecular weight excluding hydrogens is 326 g/mol. The number of hydrogen-bond donors (Lipinski definition) is 1. The van der Waals surface area contributed by atoms with Gasteiger partial charge in [0.1, 0.15) is 5.58 Å². The Bertz CT molecular complexity index is 947. The molecule has 0 aliphatic carbocycles. The summed E-state index contributed by atoms with van der Waals surface area (Å²) in [5, 5.41) is 11.3. The van der Waals surface area contributed by atoms with Crippen molar-refractivity contribution in [1.29, 1.82) is 0 Å². The van der Waals surface area contributed by atoms with Crippen LogP contribution in [0.2, 0.25) is 0 Å². The highest BCUT2D eigenvalue weighted by atomic mass is 16.4. The molecule has 0 aliphatic rings. The van der Waals surface area contributed by atoms with Crippen LogP contribution in [0, 0.1) is 13.8 Å². The molecule has 0 amide bonds. The van der Waals surface area contributed by atoms with E-state index in [2.05, 4.69) is 11.0 Å². The first-order chi connectivity index (χ1) is 12.4. The molecule has 3 aromatic rings. The molecule has 1 N–H and O–H groups in total. The minimum atomic E-state index is -0.485. The Kier molecular flexibility index (Phi) is 5.55. The molecule has 1 heterocycles. The van der Waals surface area contributed by atoms with E-state index in [-0.39, 0.29) is 5.63 Å². The average molecular weight is 351 g/mol. The monoisotopic (exact) mass is 351 g/mol. The quantitative estimate of drug-likeness (QED) is 0.683. The number of benzene rings is 2. The van der Waals surface area contributed by atoms with E-state index >= 15 is 0 Å². The molecule has 0 spiro atoms. The molecule has 0 saturated carbocycles. The summed E-state index contributed by atoms with van der Waals surface area (Å²) in [6.07, 6.45) is 0.151. The first kappa shape index (κ1) is 18.4. The van der Waals surface area contributed by atoms with Crippen LogP contribution in [0.1, 0.15) is 34.8 Å². The van der Waals surface area contributed by atoms with Crippen molar-refractivity contribution >= 4 is 11.0 Å². The Labute approximate surface area is 153 Å².